The minimum atomic E-state index is -0.819. The van der Waals surface area contributed by atoms with Crippen LogP contribution in [-0.4, -0.2) is 21.7 Å². The number of hydrogen-bond acceptors (Lipinski definition) is 3. The van der Waals surface area contributed by atoms with Crippen LogP contribution in [0.2, 0.25) is 0 Å². The highest BCUT2D eigenvalue weighted by molar-refractivity contribution is 7.87. The third kappa shape index (κ3) is 4.02. The monoisotopic (exact) mass is 218 g/mol. The molecule has 4 heteroatoms. The third-order valence-electron chi connectivity index (χ3n) is 1.71. The fourth-order valence-electron chi connectivity index (χ4n) is 1.02. The van der Waals surface area contributed by atoms with Crippen molar-refractivity contribution in [3.63, 3.8) is 0 Å². The summed E-state index contributed by atoms with van der Waals surface area (Å²) in [7, 11) is -0.819. The lowest BCUT2D eigenvalue weighted by Gasteiger charge is -1.98. The molecule has 0 bridgehead atoms. The average molecular weight is 218 g/mol. The normalized spacial score (nSPS) is 13.0. The van der Waals surface area contributed by atoms with Gasteiger partial charge in [-0.1, -0.05) is 12.5 Å². The number of aliphatic hydroxyl groups is 1. The van der Waals surface area contributed by atoms with E-state index in [1.165, 1.54) is 0 Å². The number of hydrogen-bond donors (Lipinski definition) is 1. The molecule has 0 aliphatic heterocycles. The number of thiophene rings is 1. The van der Waals surface area contributed by atoms with Crippen molar-refractivity contribution >= 4 is 22.1 Å². The van der Waals surface area contributed by atoms with Gasteiger partial charge >= 0.3 is 0 Å². The first-order chi connectivity index (χ1) is 6.34. The second-order valence-electron chi connectivity index (χ2n) is 2.77. The second kappa shape index (κ2) is 6.29. The van der Waals surface area contributed by atoms with Crippen molar-refractivity contribution in [2.45, 2.75) is 23.5 Å². The maximum atomic E-state index is 11.5. The zero-order chi connectivity index (χ0) is 9.52. The quantitative estimate of drug-likeness (QED) is 0.742. The van der Waals surface area contributed by atoms with Crippen molar-refractivity contribution in [3.8, 4) is 0 Å². The van der Waals surface area contributed by atoms with Gasteiger partial charge in [0.05, 0.1) is 15.0 Å². The summed E-state index contributed by atoms with van der Waals surface area (Å²) in [5.74, 6) is 0.723. The van der Waals surface area contributed by atoms with Crippen LogP contribution in [0.15, 0.2) is 21.7 Å². The summed E-state index contributed by atoms with van der Waals surface area (Å²) in [6, 6.07) is 3.83. The Bertz CT molecular complexity index is 244. The van der Waals surface area contributed by atoms with Crippen LogP contribution in [0.4, 0.5) is 0 Å². The van der Waals surface area contributed by atoms with Crippen LogP contribution in [-0.2, 0) is 10.8 Å². The van der Waals surface area contributed by atoms with Crippen molar-refractivity contribution in [1.29, 1.82) is 0 Å². The molecule has 0 aliphatic carbocycles. The molecule has 1 aromatic rings. The number of unbranched alkanes of at least 4 members (excludes halogenated alkanes) is 2. The van der Waals surface area contributed by atoms with Crippen molar-refractivity contribution in [2.24, 2.45) is 0 Å². The molecule has 0 radical (unpaired) electrons. The van der Waals surface area contributed by atoms with Gasteiger partial charge in [-0.15, -0.1) is 11.3 Å². The van der Waals surface area contributed by atoms with Crippen molar-refractivity contribution in [1.82, 2.24) is 0 Å². The van der Waals surface area contributed by atoms with Gasteiger partial charge in [-0.05, 0) is 24.3 Å². The van der Waals surface area contributed by atoms with Crippen LogP contribution >= 0.6 is 11.3 Å². The molecule has 0 saturated carbocycles. The Hall–Kier alpha value is -0.190. The van der Waals surface area contributed by atoms with Gasteiger partial charge in [0.2, 0.25) is 0 Å². The molecular weight excluding hydrogens is 204 g/mol. The predicted octanol–water partition coefficient (Wildman–Crippen LogP) is 2.02. The average Bonchev–Trinajstić information content (AvgIpc) is 2.65. The molecule has 1 atom stereocenters. The summed E-state index contributed by atoms with van der Waals surface area (Å²) in [5.41, 5.74) is 0. The molecule has 1 heterocycles. The third-order valence-corrected chi connectivity index (χ3v) is 4.46. The van der Waals surface area contributed by atoms with Gasteiger partial charge in [-0.3, -0.25) is 4.21 Å². The molecular formula is C9H14O2S2. The number of rotatable bonds is 6. The van der Waals surface area contributed by atoms with Gasteiger partial charge in [0, 0.05) is 12.4 Å². The lowest BCUT2D eigenvalue weighted by atomic mass is 10.3. The smallest absolute Gasteiger partial charge is 0.0910 e. The van der Waals surface area contributed by atoms with E-state index in [-0.39, 0.29) is 6.61 Å². The first kappa shape index (κ1) is 10.9. The van der Waals surface area contributed by atoms with Gasteiger partial charge in [0.1, 0.15) is 0 Å². The van der Waals surface area contributed by atoms with Crippen LogP contribution in [0.5, 0.6) is 0 Å². The first-order valence-corrected chi connectivity index (χ1v) is 6.57. The van der Waals surface area contributed by atoms with Gasteiger partial charge in [0.25, 0.3) is 0 Å². The van der Waals surface area contributed by atoms with Gasteiger partial charge in [-0.25, -0.2) is 0 Å². The first-order valence-electron chi connectivity index (χ1n) is 4.37. The summed E-state index contributed by atoms with van der Waals surface area (Å²) in [6.45, 7) is 0.242. The summed E-state index contributed by atoms with van der Waals surface area (Å²) in [6.07, 6.45) is 2.72. The number of aliphatic hydroxyl groups excluding tert-OH is 1. The molecule has 1 N–H and O–H groups in total. The Morgan fingerprint density at radius 3 is 2.85 bits per heavy atom. The van der Waals surface area contributed by atoms with E-state index in [1.807, 2.05) is 17.5 Å². The summed E-state index contributed by atoms with van der Waals surface area (Å²) in [4.78, 5) is 0. The standard InChI is InChI=1S/C9H14O2S2/c10-6-2-1-3-8-13(11)9-5-4-7-12-9/h4-5,7,10H,1-3,6,8H2. The molecule has 1 rings (SSSR count). The lowest BCUT2D eigenvalue weighted by molar-refractivity contribution is 0.284. The van der Waals surface area contributed by atoms with Crippen molar-refractivity contribution < 1.29 is 9.32 Å². The molecule has 0 saturated heterocycles. The molecule has 13 heavy (non-hydrogen) atoms. The lowest BCUT2D eigenvalue weighted by Crippen LogP contribution is -1.96. The Labute approximate surface area is 85.1 Å². The van der Waals surface area contributed by atoms with Crippen molar-refractivity contribution in [3.05, 3.63) is 17.5 Å². The zero-order valence-corrected chi connectivity index (χ0v) is 9.07. The van der Waals surface area contributed by atoms with E-state index in [2.05, 4.69) is 0 Å². The Morgan fingerprint density at radius 2 is 2.23 bits per heavy atom. The SMILES string of the molecule is O=S(CCCCCO)c1cccs1. The molecule has 0 fully saturated rings. The minimum Gasteiger partial charge on any atom is -0.396 e. The fourth-order valence-corrected chi connectivity index (χ4v) is 3.21. The maximum Gasteiger partial charge on any atom is 0.0910 e. The molecule has 1 aromatic heterocycles. The van der Waals surface area contributed by atoms with E-state index in [0.717, 1.165) is 29.2 Å². The molecule has 2 nitrogen and oxygen atoms in total. The van der Waals surface area contributed by atoms with Gasteiger partial charge < -0.3 is 5.11 Å². The largest absolute Gasteiger partial charge is 0.396 e. The van der Waals surface area contributed by atoms with E-state index < -0.39 is 10.8 Å². The predicted molar refractivity (Wildman–Crippen MR) is 56.5 cm³/mol. The second-order valence-corrected chi connectivity index (χ2v) is 5.51. The Kier molecular flexibility index (Phi) is 5.27. The van der Waals surface area contributed by atoms with Crippen LogP contribution in [0.25, 0.3) is 0 Å². The van der Waals surface area contributed by atoms with E-state index >= 15 is 0 Å². The highest BCUT2D eigenvalue weighted by Gasteiger charge is 2.03. The van der Waals surface area contributed by atoms with Crippen LogP contribution in [0.1, 0.15) is 19.3 Å². The Morgan fingerprint density at radius 1 is 1.38 bits per heavy atom. The molecule has 0 amide bonds. The molecule has 0 aromatic carbocycles. The summed E-state index contributed by atoms with van der Waals surface area (Å²) < 4.78 is 12.5. The highest BCUT2D eigenvalue weighted by Crippen LogP contribution is 2.14. The molecule has 1 unspecified atom stereocenters. The van der Waals surface area contributed by atoms with Crippen LogP contribution in [0, 0.1) is 0 Å². The molecule has 0 aliphatic rings. The van der Waals surface area contributed by atoms with Crippen LogP contribution in [0.3, 0.4) is 0 Å². The van der Waals surface area contributed by atoms with E-state index in [9.17, 15) is 4.21 Å². The summed E-state index contributed by atoms with van der Waals surface area (Å²) >= 11 is 1.55. The van der Waals surface area contributed by atoms with Gasteiger partial charge in [0.15, 0.2) is 0 Å². The maximum absolute atomic E-state index is 11.5. The zero-order valence-electron chi connectivity index (χ0n) is 7.44. The van der Waals surface area contributed by atoms with Crippen LogP contribution < -0.4 is 0 Å². The van der Waals surface area contributed by atoms with E-state index in [4.69, 9.17) is 5.11 Å². The highest BCUT2D eigenvalue weighted by atomic mass is 32.2. The topological polar surface area (TPSA) is 37.3 Å². The van der Waals surface area contributed by atoms with Crippen molar-refractivity contribution in [2.75, 3.05) is 12.4 Å². The minimum absolute atomic E-state index is 0.242. The molecule has 0 spiro atoms. The van der Waals surface area contributed by atoms with E-state index in [1.54, 1.807) is 11.3 Å². The fraction of sp³-hybridized carbons (Fsp3) is 0.556. The summed E-state index contributed by atoms with van der Waals surface area (Å²) in [5, 5.41) is 10.5. The Balaban J connectivity index is 2.19. The van der Waals surface area contributed by atoms with Gasteiger partial charge in [-0.2, -0.15) is 0 Å². The molecule has 74 valence electrons. The van der Waals surface area contributed by atoms with E-state index in [0.29, 0.717) is 0 Å².